The number of aliphatic hydroxyl groups excluding tert-OH is 1. The normalized spacial score (nSPS) is 27.2. The molecule has 1 heterocycles. The highest BCUT2D eigenvalue weighted by atomic mass is 16.3. The number of hydrogen-bond donors (Lipinski definition) is 1. The van der Waals surface area contributed by atoms with Gasteiger partial charge in [-0.25, -0.2) is 0 Å². The molecule has 0 amide bonds. The number of aliphatic hydroxyl groups is 1. The molecular formula is C12H26N2O. The summed E-state index contributed by atoms with van der Waals surface area (Å²) < 4.78 is 0. The first kappa shape index (κ1) is 12.9. The van der Waals surface area contributed by atoms with E-state index in [2.05, 4.69) is 37.7 Å². The van der Waals surface area contributed by atoms with Crippen molar-refractivity contribution in [2.45, 2.75) is 32.8 Å². The van der Waals surface area contributed by atoms with Crippen LogP contribution in [0.2, 0.25) is 0 Å². The Morgan fingerprint density at radius 2 is 2.07 bits per heavy atom. The van der Waals surface area contributed by atoms with Crippen LogP contribution in [0.3, 0.4) is 0 Å². The molecule has 0 aromatic rings. The predicted molar refractivity (Wildman–Crippen MR) is 64.0 cm³/mol. The maximum Gasteiger partial charge on any atom is 0.0718 e. The number of β-amino-alcohol motifs (C(OH)–C–C–N with tert-alkyl or cyclic N) is 1. The third kappa shape index (κ3) is 4.09. The zero-order valence-electron chi connectivity index (χ0n) is 10.7. The minimum absolute atomic E-state index is 0.109. The summed E-state index contributed by atoms with van der Waals surface area (Å²) in [5.74, 6) is 0. The Bertz CT molecular complexity index is 192. The summed E-state index contributed by atoms with van der Waals surface area (Å²) in [5, 5.41) is 9.96. The van der Waals surface area contributed by atoms with E-state index in [1.165, 1.54) is 6.42 Å². The third-order valence-electron chi connectivity index (χ3n) is 3.49. The van der Waals surface area contributed by atoms with Gasteiger partial charge in [0.15, 0.2) is 0 Å². The summed E-state index contributed by atoms with van der Waals surface area (Å²) in [6.45, 7) is 8.56. The summed E-state index contributed by atoms with van der Waals surface area (Å²) >= 11 is 0. The number of rotatable bonds is 4. The maximum atomic E-state index is 9.96. The highest BCUT2D eigenvalue weighted by molar-refractivity contribution is 4.86. The summed E-state index contributed by atoms with van der Waals surface area (Å²) in [6.07, 6.45) is 2.14. The van der Waals surface area contributed by atoms with Gasteiger partial charge in [-0.3, -0.25) is 0 Å². The van der Waals surface area contributed by atoms with Crippen LogP contribution in [0.25, 0.3) is 0 Å². The lowest BCUT2D eigenvalue weighted by atomic mass is 9.80. The Morgan fingerprint density at radius 1 is 1.40 bits per heavy atom. The second-order valence-corrected chi connectivity index (χ2v) is 5.71. The molecule has 1 saturated heterocycles. The molecule has 1 rings (SSSR count). The van der Waals surface area contributed by atoms with Crippen LogP contribution in [0.5, 0.6) is 0 Å². The van der Waals surface area contributed by atoms with Crippen molar-refractivity contribution in [3.8, 4) is 0 Å². The van der Waals surface area contributed by atoms with Gasteiger partial charge in [0, 0.05) is 6.54 Å². The molecule has 0 bridgehead atoms. The molecule has 0 radical (unpaired) electrons. The number of likely N-dealkylation sites (tertiary alicyclic amines) is 1. The molecule has 1 fully saturated rings. The van der Waals surface area contributed by atoms with Gasteiger partial charge in [0.2, 0.25) is 0 Å². The molecule has 1 aliphatic rings. The second-order valence-electron chi connectivity index (χ2n) is 5.71. The fourth-order valence-corrected chi connectivity index (χ4v) is 2.01. The zero-order chi connectivity index (χ0) is 11.5. The molecule has 1 aliphatic heterocycles. The lowest BCUT2D eigenvalue weighted by molar-refractivity contribution is -0.0257. The van der Waals surface area contributed by atoms with Gasteiger partial charge >= 0.3 is 0 Å². The Hall–Kier alpha value is -0.120. The van der Waals surface area contributed by atoms with E-state index in [4.69, 9.17) is 0 Å². The van der Waals surface area contributed by atoms with E-state index in [9.17, 15) is 5.11 Å². The van der Waals surface area contributed by atoms with Gasteiger partial charge < -0.3 is 14.9 Å². The summed E-state index contributed by atoms with van der Waals surface area (Å²) in [4.78, 5) is 4.60. The van der Waals surface area contributed by atoms with E-state index < -0.39 is 0 Å². The van der Waals surface area contributed by atoms with E-state index in [1.807, 2.05) is 0 Å². The average Bonchev–Trinajstić information content (AvgIpc) is 2.11. The Kier molecular flexibility index (Phi) is 4.56. The minimum atomic E-state index is -0.161. The van der Waals surface area contributed by atoms with Crippen molar-refractivity contribution in [2.75, 3.05) is 40.3 Å². The quantitative estimate of drug-likeness (QED) is 0.757. The second kappa shape index (κ2) is 5.28. The summed E-state index contributed by atoms with van der Waals surface area (Å²) in [5.41, 5.74) is 0.109. The van der Waals surface area contributed by atoms with Crippen molar-refractivity contribution < 1.29 is 5.11 Å². The lowest BCUT2D eigenvalue weighted by Gasteiger charge is -2.41. The molecule has 1 atom stereocenters. The van der Waals surface area contributed by atoms with Crippen LogP contribution in [0.4, 0.5) is 0 Å². The van der Waals surface area contributed by atoms with Crippen molar-refractivity contribution in [3.63, 3.8) is 0 Å². The monoisotopic (exact) mass is 214 g/mol. The molecule has 0 spiro atoms. The molecule has 1 N–H and O–H groups in total. The van der Waals surface area contributed by atoms with Crippen molar-refractivity contribution in [2.24, 2.45) is 5.41 Å². The smallest absolute Gasteiger partial charge is 0.0718 e. The standard InChI is InChI=1S/C12H26N2O/c1-12(2)6-9-14(10-11(12)15)8-5-7-13(3)4/h11,15H,5-10H2,1-4H3. The highest BCUT2D eigenvalue weighted by Gasteiger charge is 2.33. The number of piperidine rings is 1. The van der Waals surface area contributed by atoms with Crippen molar-refractivity contribution in [1.82, 2.24) is 9.80 Å². The van der Waals surface area contributed by atoms with Gasteiger partial charge in [-0.2, -0.15) is 0 Å². The average molecular weight is 214 g/mol. The Labute approximate surface area is 94.1 Å². The van der Waals surface area contributed by atoms with Gasteiger partial charge in [-0.05, 0) is 52.0 Å². The van der Waals surface area contributed by atoms with Crippen LogP contribution in [0, 0.1) is 5.41 Å². The summed E-state index contributed by atoms with van der Waals surface area (Å²) in [7, 11) is 4.21. The molecule has 0 aliphatic carbocycles. The van der Waals surface area contributed by atoms with Crippen LogP contribution >= 0.6 is 0 Å². The fraction of sp³-hybridized carbons (Fsp3) is 1.00. The van der Waals surface area contributed by atoms with E-state index in [1.54, 1.807) is 0 Å². The molecule has 0 aromatic heterocycles. The van der Waals surface area contributed by atoms with Crippen LogP contribution in [-0.4, -0.2) is 61.3 Å². The van der Waals surface area contributed by atoms with Crippen molar-refractivity contribution in [1.29, 1.82) is 0 Å². The van der Waals surface area contributed by atoms with Gasteiger partial charge in [0.25, 0.3) is 0 Å². The van der Waals surface area contributed by atoms with E-state index in [-0.39, 0.29) is 11.5 Å². The molecule has 3 heteroatoms. The molecule has 0 aromatic carbocycles. The molecule has 1 unspecified atom stereocenters. The highest BCUT2D eigenvalue weighted by Crippen LogP contribution is 2.30. The molecule has 90 valence electrons. The first-order valence-corrected chi connectivity index (χ1v) is 5.97. The van der Waals surface area contributed by atoms with Crippen LogP contribution < -0.4 is 0 Å². The van der Waals surface area contributed by atoms with Gasteiger partial charge in [0.1, 0.15) is 0 Å². The summed E-state index contributed by atoms with van der Waals surface area (Å²) in [6, 6.07) is 0. The SMILES string of the molecule is CN(C)CCCN1CCC(C)(C)C(O)C1. The first-order valence-electron chi connectivity index (χ1n) is 5.97. The minimum Gasteiger partial charge on any atom is -0.391 e. The molecule has 3 nitrogen and oxygen atoms in total. The predicted octanol–water partition coefficient (Wildman–Crippen LogP) is 1.03. The topological polar surface area (TPSA) is 26.7 Å². The third-order valence-corrected chi connectivity index (χ3v) is 3.49. The first-order chi connectivity index (χ1) is 6.92. The van der Waals surface area contributed by atoms with Gasteiger partial charge in [-0.1, -0.05) is 13.8 Å². The van der Waals surface area contributed by atoms with Gasteiger partial charge in [0.05, 0.1) is 6.10 Å². The maximum absolute atomic E-state index is 9.96. The van der Waals surface area contributed by atoms with Crippen LogP contribution in [-0.2, 0) is 0 Å². The largest absolute Gasteiger partial charge is 0.391 e. The van der Waals surface area contributed by atoms with E-state index in [0.717, 1.165) is 32.6 Å². The Balaban J connectivity index is 2.23. The van der Waals surface area contributed by atoms with E-state index >= 15 is 0 Å². The van der Waals surface area contributed by atoms with Crippen LogP contribution in [0.1, 0.15) is 26.7 Å². The van der Waals surface area contributed by atoms with Crippen molar-refractivity contribution >= 4 is 0 Å². The fourth-order valence-electron chi connectivity index (χ4n) is 2.01. The molecular weight excluding hydrogens is 188 g/mol. The zero-order valence-corrected chi connectivity index (χ0v) is 10.7. The van der Waals surface area contributed by atoms with Crippen molar-refractivity contribution in [3.05, 3.63) is 0 Å². The number of hydrogen-bond acceptors (Lipinski definition) is 3. The molecule has 0 saturated carbocycles. The van der Waals surface area contributed by atoms with Crippen LogP contribution in [0.15, 0.2) is 0 Å². The van der Waals surface area contributed by atoms with E-state index in [0.29, 0.717) is 0 Å². The Morgan fingerprint density at radius 3 is 2.60 bits per heavy atom. The molecule has 15 heavy (non-hydrogen) atoms. The number of nitrogens with zero attached hydrogens (tertiary/aromatic N) is 2. The lowest BCUT2D eigenvalue weighted by Crippen LogP contribution is -2.48. The van der Waals surface area contributed by atoms with Gasteiger partial charge in [-0.15, -0.1) is 0 Å².